The van der Waals surface area contributed by atoms with E-state index < -0.39 is 0 Å². The van der Waals surface area contributed by atoms with Crippen molar-refractivity contribution >= 4 is 40.4 Å². The Morgan fingerprint density at radius 1 is 1.60 bits per heavy atom. The van der Waals surface area contributed by atoms with Gasteiger partial charge in [0.1, 0.15) is 0 Å². The SMILES string of the molecule is Nc1cn[nH]c1NC(=O)c1ccc(Cl)s1. The van der Waals surface area contributed by atoms with Crippen LogP contribution in [0.3, 0.4) is 0 Å². The molecular weight excluding hydrogens is 236 g/mol. The summed E-state index contributed by atoms with van der Waals surface area (Å²) < 4.78 is 0.567. The molecule has 2 aromatic rings. The third-order valence-corrected chi connectivity index (χ3v) is 2.93. The van der Waals surface area contributed by atoms with Gasteiger partial charge < -0.3 is 11.1 Å². The Hall–Kier alpha value is -1.53. The van der Waals surface area contributed by atoms with Crippen molar-refractivity contribution in [3.8, 4) is 0 Å². The van der Waals surface area contributed by atoms with Crippen LogP contribution in [0.2, 0.25) is 4.34 Å². The van der Waals surface area contributed by atoms with Gasteiger partial charge in [0, 0.05) is 0 Å². The average Bonchev–Trinajstić information content (AvgIpc) is 2.77. The van der Waals surface area contributed by atoms with Crippen molar-refractivity contribution < 1.29 is 4.79 Å². The highest BCUT2D eigenvalue weighted by Gasteiger charge is 2.11. The number of carbonyl (C=O) groups excluding carboxylic acids is 1. The van der Waals surface area contributed by atoms with Gasteiger partial charge in [0.05, 0.1) is 21.1 Å². The summed E-state index contributed by atoms with van der Waals surface area (Å²) in [7, 11) is 0. The van der Waals surface area contributed by atoms with E-state index in [9.17, 15) is 4.79 Å². The van der Waals surface area contributed by atoms with Crippen molar-refractivity contribution in [2.75, 3.05) is 11.1 Å². The summed E-state index contributed by atoms with van der Waals surface area (Å²) in [6, 6.07) is 3.31. The van der Waals surface area contributed by atoms with Gasteiger partial charge in [0.2, 0.25) is 0 Å². The molecule has 1 amide bonds. The largest absolute Gasteiger partial charge is 0.394 e. The molecule has 0 aliphatic heterocycles. The number of aromatic amines is 1. The Morgan fingerprint density at radius 2 is 2.40 bits per heavy atom. The molecule has 0 saturated carbocycles. The van der Waals surface area contributed by atoms with Crippen LogP contribution in [0, 0.1) is 0 Å². The van der Waals surface area contributed by atoms with E-state index in [1.807, 2.05) is 0 Å². The highest BCUT2D eigenvalue weighted by molar-refractivity contribution is 7.18. The molecule has 15 heavy (non-hydrogen) atoms. The van der Waals surface area contributed by atoms with Gasteiger partial charge in [0.15, 0.2) is 5.82 Å². The lowest BCUT2D eigenvalue weighted by molar-refractivity contribution is 0.103. The molecule has 0 aliphatic carbocycles. The first-order chi connectivity index (χ1) is 7.16. The zero-order valence-corrected chi connectivity index (χ0v) is 9.02. The standard InChI is InChI=1S/C8H7ClN4OS/c9-6-2-1-5(15-6)8(14)12-7-4(10)3-11-13-7/h1-3H,10H2,(H2,11,12,13,14). The summed E-state index contributed by atoms with van der Waals surface area (Å²) in [6.07, 6.45) is 1.43. The Morgan fingerprint density at radius 3 is 2.93 bits per heavy atom. The fraction of sp³-hybridized carbons (Fsp3) is 0. The number of nitrogens with zero attached hydrogens (tertiary/aromatic N) is 1. The first-order valence-corrected chi connectivity index (χ1v) is 5.22. The van der Waals surface area contributed by atoms with Gasteiger partial charge in [-0.25, -0.2) is 0 Å². The number of hydrogen-bond acceptors (Lipinski definition) is 4. The molecule has 7 heteroatoms. The molecule has 0 spiro atoms. The fourth-order valence-electron chi connectivity index (χ4n) is 1.01. The Labute approximate surface area is 94.2 Å². The van der Waals surface area contributed by atoms with Crippen molar-refractivity contribution in [2.24, 2.45) is 0 Å². The summed E-state index contributed by atoms with van der Waals surface area (Å²) in [5, 5.41) is 8.85. The Kier molecular flexibility index (Phi) is 2.61. The van der Waals surface area contributed by atoms with Crippen LogP contribution in [-0.2, 0) is 0 Å². The normalized spacial score (nSPS) is 10.2. The minimum absolute atomic E-state index is 0.261. The molecule has 4 N–H and O–H groups in total. The third-order valence-electron chi connectivity index (χ3n) is 1.70. The molecule has 0 saturated heterocycles. The van der Waals surface area contributed by atoms with Crippen LogP contribution in [0.25, 0.3) is 0 Å². The van der Waals surface area contributed by atoms with Crippen LogP contribution in [0.1, 0.15) is 9.67 Å². The smallest absolute Gasteiger partial charge is 0.266 e. The van der Waals surface area contributed by atoms with E-state index in [4.69, 9.17) is 17.3 Å². The molecular formula is C8H7ClN4OS. The van der Waals surface area contributed by atoms with Crippen LogP contribution in [0.5, 0.6) is 0 Å². The topological polar surface area (TPSA) is 83.8 Å². The highest BCUT2D eigenvalue weighted by Crippen LogP contribution is 2.22. The van der Waals surface area contributed by atoms with E-state index >= 15 is 0 Å². The molecule has 0 fully saturated rings. The molecule has 0 bridgehead atoms. The third kappa shape index (κ3) is 2.11. The molecule has 5 nitrogen and oxygen atoms in total. The molecule has 0 atom stereocenters. The number of carbonyl (C=O) groups is 1. The summed E-state index contributed by atoms with van der Waals surface area (Å²) in [5.74, 6) is 0.132. The van der Waals surface area contributed by atoms with Crippen LogP contribution in [0.4, 0.5) is 11.5 Å². The number of halogens is 1. The second-order valence-electron chi connectivity index (χ2n) is 2.76. The number of thiophene rings is 1. The molecule has 0 aromatic carbocycles. The number of rotatable bonds is 2. The van der Waals surface area contributed by atoms with Gasteiger partial charge in [-0.3, -0.25) is 9.89 Å². The predicted molar refractivity (Wildman–Crippen MR) is 60.3 cm³/mol. The second-order valence-corrected chi connectivity index (χ2v) is 4.47. The minimum atomic E-state index is -0.261. The number of nitrogens with two attached hydrogens (primary N) is 1. The number of nitrogen functional groups attached to an aromatic ring is 1. The lowest BCUT2D eigenvalue weighted by Crippen LogP contribution is -2.11. The van der Waals surface area contributed by atoms with Gasteiger partial charge >= 0.3 is 0 Å². The molecule has 78 valence electrons. The van der Waals surface area contributed by atoms with E-state index in [0.29, 0.717) is 20.7 Å². The maximum Gasteiger partial charge on any atom is 0.266 e. The van der Waals surface area contributed by atoms with Crippen LogP contribution in [-0.4, -0.2) is 16.1 Å². The first kappa shape index (κ1) is 10.0. The number of anilines is 2. The van der Waals surface area contributed by atoms with Gasteiger partial charge in [-0.05, 0) is 12.1 Å². The van der Waals surface area contributed by atoms with Crippen molar-refractivity contribution in [1.29, 1.82) is 0 Å². The van der Waals surface area contributed by atoms with E-state index in [-0.39, 0.29) is 5.91 Å². The number of H-pyrrole nitrogens is 1. The van der Waals surface area contributed by atoms with E-state index in [1.54, 1.807) is 12.1 Å². The molecule has 0 radical (unpaired) electrons. The monoisotopic (exact) mass is 242 g/mol. The number of amides is 1. The van der Waals surface area contributed by atoms with Gasteiger partial charge in [-0.15, -0.1) is 11.3 Å². The molecule has 0 unspecified atom stereocenters. The van der Waals surface area contributed by atoms with Crippen LogP contribution in [0.15, 0.2) is 18.3 Å². The van der Waals surface area contributed by atoms with E-state index in [0.717, 1.165) is 0 Å². The summed E-state index contributed by atoms with van der Waals surface area (Å²) in [6.45, 7) is 0. The van der Waals surface area contributed by atoms with Crippen molar-refractivity contribution in [3.05, 3.63) is 27.5 Å². The van der Waals surface area contributed by atoms with Crippen molar-refractivity contribution in [1.82, 2.24) is 10.2 Å². The van der Waals surface area contributed by atoms with Gasteiger partial charge in [-0.2, -0.15) is 5.10 Å². The number of aromatic nitrogens is 2. The zero-order chi connectivity index (χ0) is 10.8. The molecule has 2 aromatic heterocycles. The fourth-order valence-corrected chi connectivity index (χ4v) is 1.95. The number of nitrogens with one attached hydrogen (secondary N) is 2. The lowest BCUT2D eigenvalue weighted by Gasteiger charge is -2.00. The maximum absolute atomic E-state index is 11.6. The Balaban J connectivity index is 2.14. The summed E-state index contributed by atoms with van der Waals surface area (Å²) >= 11 is 6.91. The van der Waals surface area contributed by atoms with E-state index in [2.05, 4.69) is 15.5 Å². The zero-order valence-electron chi connectivity index (χ0n) is 7.45. The predicted octanol–water partition coefficient (Wildman–Crippen LogP) is 1.96. The van der Waals surface area contributed by atoms with E-state index in [1.165, 1.54) is 17.5 Å². The quantitative estimate of drug-likeness (QED) is 0.753. The van der Waals surface area contributed by atoms with Gasteiger partial charge in [0.25, 0.3) is 5.91 Å². The van der Waals surface area contributed by atoms with Crippen LogP contribution >= 0.6 is 22.9 Å². The van der Waals surface area contributed by atoms with Crippen molar-refractivity contribution in [3.63, 3.8) is 0 Å². The summed E-state index contributed by atoms with van der Waals surface area (Å²) in [4.78, 5) is 12.1. The average molecular weight is 243 g/mol. The van der Waals surface area contributed by atoms with Crippen LogP contribution < -0.4 is 11.1 Å². The lowest BCUT2D eigenvalue weighted by atomic mass is 10.4. The Bertz CT molecular complexity index is 492. The summed E-state index contributed by atoms with van der Waals surface area (Å²) in [5.41, 5.74) is 5.94. The highest BCUT2D eigenvalue weighted by atomic mass is 35.5. The second kappa shape index (κ2) is 3.92. The van der Waals surface area contributed by atoms with Gasteiger partial charge in [-0.1, -0.05) is 11.6 Å². The molecule has 2 heterocycles. The first-order valence-electron chi connectivity index (χ1n) is 4.02. The molecule has 0 aliphatic rings. The number of hydrogen-bond donors (Lipinski definition) is 3. The van der Waals surface area contributed by atoms with Crippen molar-refractivity contribution in [2.45, 2.75) is 0 Å². The maximum atomic E-state index is 11.6. The minimum Gasteiger partial charge on any atom is -0.394 e. The molecule has 2 rings (SSSR count).